The molecule has 0 amide bonds. The summed E-state index contributed by atoms with van der Waals surface area (Å²) in [5.74, 6) is 3.59. The number of ether oxygens (including phenoxy) is 3. The highest BCUT2D eigenvalue weighted by molar-refractivity contribution is 14.0. The average Bonchev–Trinajstić information content (AvgIpc) is 2.82. The minimum atomic E-state index is 0. The molecule has 0 aliphatic rings. The van der Waals surface area contributed by atoms with E-state index in [-0.39, 0.29) is 24.0 Å². The molecule has 0 radical (unpaired) electrons. The predicted octanol–water partition coefficient (Wildman–Crippen LogP) is 4.76. The Morgan fingerprint density at radius 3 is 2.28 bits per heavy atom. The van der Waals surface area contributed by atoms with E-state index < -0.39 is 0 Å². The lowest BCUT2D eigenvalue weighted by molar-refractivity contribution is 0.412. The molecule has 2 aromatic carbocycles. The summed E-state index contributed by atoms with van der Waals surface area (Å²) in [6.45, 7) is 3.96. The van der Waals surface area contributed by atoms with Crippen LogP contribution in [-0.2, 0) is 13.1 Å². The van der Waals surface area contributed by atoms with Crippen molar-refractivity contribution in [1.29, 1.82) is 0 Å². The normalized spacial score (nSPS) is 10.7. The van der Waals surface area contributed by atoms with Crippen molar-refractivity contribution < 1.29 is 14.2 Å². The van der Waals surface area contributed by atoms with Gasteiger partial charge < -0.3 is 24.8 Å². The Hall–Kier alpha value is -3.01. The first-order valence-corrected chi connectivity index (χ1v) is 10.1. The number of guanidine groups is 1. The molecule has 0 saturated carbocycles. The second-order valence-electron chi connectivity index (χ2n) is 6.68. The van der Waals surface area contributed by atoms with Gasteiger partial charge in [0.1, 0.15) is 17.2 Å². The number of nitrogens with zero attached hydrogens (tertiary/aromatic N) is 2. The average molecular weight is 548 g/mol. The third-order valence-corrected chi connectivity index (χ3v) is 4.44. The van der Waals surface area contributed by atoms with E-state index in [0.29, 0.717) is 24.7 Å². The molecule has 0 unspecified atom stereocenters. The van der Waals surface area contributed by atoms with Crippen LogP contribution in [0.15, 0.2) is 71.9 Å². The number of pyridine rings is 1. The van der Waals surface area contributed by atoms with Crippen LogP contribution in [0.3, 0.4) is 0 Å². The van der Waals surface area contributed by atoms with Gasteiger partial charge in [-0.05, 0) is 54.4 Å². The summed E-state index contributed by atoms with van der Waals surface area (Å²) in [6, 6.07) is 19.1. The summed E-state index contributed by atoms with van der Waals surface area (Å²) in [6.07, 6.45) is 1.77. The fourth-order valence-electron chi connectivity index (χ4n) is 2.81. The minimum Gasteiger partial charge on any atom is -0.497 e. The number of aliphatic imine (C=N–C) groups is 1. The van der Waals surface area contributed by atoms with Gasteiger partial charge in [-0.3, -0.25) is 0 Å². The third kappa shape index (κ3) is 7.92. The molecular weight excluding hydrogens is 519 g/mol. The van der Waals surface area contributed by atoms with E-state index >= 15 is 0 Å². The molecule has 0 saturated heterocycles. The van der Waals surface area contributed by atoms with Gasteiger partial charge in [0.25, 0.3) is 0 Å². The molecule has 1 heterocycles. The number of benzene rings is 2. The lowest BCUT2D eigenvalue weighted by Gasteiger charge is -2.12. The van der Waals surface area contributed by atoms with Crippen molar-refractivity contribution >= 4 is 29.9 Å². The fraction of sp³-hybridized carbons (Fsp3) is 0.250. The molecule has 170 valence electrons. The standard InChI is InChI=1S/C24H28N4O3.HI/c1-4-25-24(27-15-18-6-5-7-22(14-18)30-3)28-17-19-8-13-23(26-16-19)31-21-11-9-20(29-2)10-12-21;/h5-14,16H,4,15,17H2,1-3H3,(H2,25,27,28);1H. The zero-order valence-electron chi connectivity index (χ0n) is 18.5. The summed E-state index contributed by atoms with van der Waals surface area (Å²) in [5.41, 5.74) is 2.10. The molecule has 32 heavy (non-hydrogen) atoms. The molecule has 0 atom stereocenters. The molecule has 0 aliphatic heterocycles. The summed E-state index contributed by atoms with van der Waals surface area (Å²) in [4.78, 5) is 9.02. The van der Waals surface area contributed by atoms with Crippen molar-refractivity contribution in [3.05, 3.63) is 78.0 Å². The van der Waals surface area contributed by atoms with Crippen LogP contribution in [0.5, 0.6) is 23.1 Å². The fourth-order valence-corrected chi connectivity index (χ4v) is 2.81. The maximum atomic E-state index is 5.77. The van der Waals surface area contributed by atoms with Gasteiger partial charge >= 0.3 is 0 Å². The highest BCUT2D eigenvalue weighted by Crippen LogP contribution is 2.22. The van der Waals surface area contributed by atoms with Crippen molar-refractivity contribution in [2.75, 3.05) is 20.8 Å². The largest absolute Gasteiger partial charge is 0.497 e. The van der Waals surface area contributed by atoms with E-state index in [1.807, 2.05) is 67.6 Å². The lowest BCUT2D eigenvalue weighted by atomic mass is 10.2. The molecule has 8 heteroatoms. The Bertz CT molecular complexity index is 979. The highest BCUT2D eigenvalue weighted by Gasteiger charge is 2.03. The Labute approximate surface area is 206 Å². The van der Waals surface area contributed by atoms with Crippen molar-refractivity contribution in [1.82, 2.24) is 15.6 Å². The van der Waals surface area contributed by atoms with Crippen LogP contribution in [0.2, 0.25) is 0 Å². The van der Waals surface area contributed by atoms with Crippen molar-refractivity contribution in [2.45, 2.75) is 20.0 Å². The molecular formula is C24H29IN4O3. The topological polar surface area (TPSA) is 77.0 Å². The second-order valence-corrected chi connectivity index (χ2v) is 6.68. The van der Waals surface area contributed by atoms with Gasteiger partial charge in [-0.25, -0.2) is 9.98 Å². The molecule has 7 nitrogen and oxygen atoms in total. The molecule has 1 aromatic heterocycles. The first-order valence-electron chi connectivity index (χ1n) is 10.1. The molecule has 0 fully saturated rings. The molecule has 0 aliphatic carbocycles. The van der Waals surface area contributed by atoms with Gasteiger partial charge in [0.05, 0.1) is 20.8 Å². The van der Waals surface area contributed by atoms with Crippen molar-refractivity contribution in [3.63, 3.8) is 0 Å². The predicted molar refractivity (Wildman–Crippen MR) is 137 cm³/mol. The number of hydrogen-bond acceptors (Lipinski definition) is 5. The minimum absolute atomic E-state index is 0. The van der Waals surface area contributed by atoms with Crippen LogP contribution in [0, 0.1) is 0 Å². The quantitative estimate of drug-likeness (QED) is 0.228. The van der Waals surface area contributed by atoms with E-state index in [0.717, 1.165) is 35.1 Å². The van der Waals surface area contributed by atoms with Crippen LogP contribution in [0.1, 0.15) is 18.1 Å². The summed E-state index contributed by atoms with van der Waals surface area (Å²) in [5, 5.41) is 6.60. The van der Waals surface area contributed by atoms with Gasteiger partial charge in [0, 0.05) is 25.4 Å². The van der Waals surface area contributed by atoms with Gasteiger partial charge in [0.15, 0.2) is 5.96 Å². The van der Waals surface area contributed by atoms with Gasteiger partial charge in [0.2, 0.25) is 5.88 Å². The Morgan fingerprint density at radius 1 is 0.875 bits per heavy atom. The maximum absolute atomic E-state index is 5.77. The third-order valence-electron chi connectivity index (χ3n) is 4.44. The lowest BCUT2D eigenvalue weighted by Crippen LogP contribution is -2.36. The van der Waals surface area contributed by atoms with Crippen LogP contribution >= 0.6 is 24.0 Å². The first-order chi connectivity index (χ1) is 15.2. The first kappa shape index (κ1) is 25.3. The number of aromatic nitrogens is 1. The zero-order valence-corrected chi connectivity index (χ0v) is 20.8. The number of hydrogen-bond donors (Lipinski definition) is 2. The molecule has 2 N–H and O–H groups in total. The maximum Gasteiger partial charge on any atom is 0.219 e. The van der Waals surface area contributed by atoms with Crippen molar-refractivity contribution in [2.24, 2.45) is 4.99 Å². The Balaban J connectivity index is 0.00000363. The second kappa shape index (κ2) is 13.4. The highest BCUT2D eigenvalue weighted by atomic mass is 127. The van der Waals surface area contributed by atoms with Gasteiger partial charge in [-0.2, -0.15) is 0 Å². The summed E-state index contributed by atoms with van der Waals surface area (Å²) < 4.78 is 16.2. The zero-order chi connectivity index (χ0) is 21.9. The van der Waals surface area contributed by atoms with Crippen LogP contribution in [-0.4, -0.2) is 31.7 Å². The van der Waals surface area contributed by atoms with Crippen molar-refractivity contribution in [3.8, 4) is 23.1 Å². The number of rotatable bonds is 9. The van der Waals surface area contributed by atoms with E-state index in [1.165, 1.54) is 0 Å². The van der Waals surface area contributed by atoms with E-state index in [4.69, 9.17) is 14.2 Å². The van der Waals surface area contributed by atoms with Crippen LogP contribution in [0.25, 0.3) is 0 Å². The summed E-state index contributed by atoms with van der Waals surface area (Å²) >= 11 is 0. The van der Waals surface area contributed by atoms with E-state index in [9.17, 15) is 0 Å². The summed E-state index contributed by atoms with van der Waals surface area (Å²) in [7, 11) is 3.30. The van der Waals surface area contributed by atoms with Gasteiger partial charge in [-0.1, -0.05) is 18.2 Å². The number of nitrogens with one attached hydrogen (secondary N) is 2. The number of halogens is 1. The Kier molecular flexibility index (Phi) is 10.6. The molecule has 0 spiro atoms. The molecule has 0 bridgehead atoms. The van der Waals surface area contributed by atoms with Crippen LogP contribution in [0.4, 0.5) is 0 Å². The van der Waals surface area contributed by atoms with Gasteiger partial charge in [-0.15, -0.1) is 24.0 Å². The SMILES string of the molecule is CCNC(=NCc1ccc(Oc2ccc(OC)cc2)nc1)NCc1cccc(OC)c1.I. The monoisotopic (exact) mass is 548 g/mol. The van der Waals surface area contributed by atoms with E-state index in [1.54, 1.807) is 20.4 Å². The van der Waals surface area contributed by atoms with Crippen LogP contribution < -0.4 is 24.8 Å². The smallest absolute Gasteiger partial charge is 0.219 e. The molecule has 3 rings (SSSR count). The Morgan fingerprint density at radius 2 is 1.62 bits per heavy atom. The van der Waals surface area contributed by atoms with E-state index in [2.05, 4.69) is 20.6 Å². The number of methoxy groups -OCH3 is 2. The molecule has 3 aromatic rings.